The van der Waals surface area contributed by atoms with Gasteiger partial charge in [-0.3, -0.25) is 5.32 Å². The van der Waals surface area contributed by atoms with Crippen molar-refractivity contribution in [2.75, 3.05) is 32.7 Å². The van der Waals surface area contributed by atoms with Gasteiger partial charge >= 0.3 is 0 Å². The standard InChI is InChI=1S/C13H25N3/c1-3-5-9-15-13(12-14)7-6-10-16(4-2)11-8-13/h15H,4,6-12,14H2,1-2H3. The van der Waals surface area contributed by atoms with Gasteiger partial charge in [-0.05, 0) is 45.8 Å². The van der Waals surface area contributed by atoms with E-state index in [1.807, 2.05) is 6.92 Å². The van der Waals surface area contributed by atoms with Crippen molar-refractivity contribution in [3.05, 3.63) is 0 Å². The largest absolute Gasteiger partial charge is 0.329 e. The molecular weight excluding hydrogens is 198 g/mol. The molecule has 1 fully saturated rings. The van der Waals surface area contributed by atoms with Gasteiger partial charge in [0.25, 0.3) is 0 Å². The number of rotatable bonds is 4. The van der Waals surface area contributed by atoms with Crippen LogP contribution >= 0.6 is 0 Å². The van der Waals surface area contributed by atoms with E-state index in [2.05, 4.69) is 29.0 Å². The second-order valence-electron chi connectivity index (χ2n) is 4.55. The third-order valence-electron chi connectivity index (χ3n) is 3.60. The molecule has 0 aromatic rings. The zero-order chi connectivity index (χ0) is 11.9. The Bertz CT molecular complexity index is 254. The monoisotopic (exact) mass is 223 g/mol. The van der Waals surface area contributed by atoms with Gasteiger partial charge in [0, 0.05) is 12.1 Å². The molecule has 1 atom stereocenters. The van der Waals surface area contributed by atoms with E-state index in [9.17, 15) is 0 Å². The number of nitrogens with two attached hydrogens (primary N) is 1. The molecule has 0 aromatic heterocycles. The molecule has 0 aromatic carbocycles. The SMILES string of the molecule is CC#CCNC1(CN)CCCN(CC)CC1. The summed E-state index contributed by atoms with van der Waals surface area (Å²) in [5.41, 5.74) is 6.07. The van der Waals surface area contributed by atoms with Gasteiger partial charge < -0.3 is 10.6 Å². The van der Waals surface area contributed by atoms with Crippen LogP contribution in [-0.4, -0.2) is 43.2 Å². The first kappa shape index (κ1) is 13.5. The van der Waals surface area contributed by atoms with Crippen LogP contribution in [0.2, 0.25) is 0 Å². The fourth-order valence-electron chi connectivity index (χ4n) is 2.34. The highest BCUT2D eigenvalue weighted by Crippen LogP contribution is 2.21. The maximum Gasteiger partial charge on any atom is 0.0581 e. The van der Waals surface area contributed by atoms with Crippen LogP contribution in [0, 0.1) is 11.8 Å². The first-order valence-corrected chi connectivity index (χ1v) is 6.33. The average Bonchev–Trinajstić information content (AvgIpc) is 2.52. The Morgan fingerprint density at radius 2 is 2.19 bits per heavy atom. The molecule has 1 aliphatic rings. The summed E-state index contributed by atoms with van der Waals surface area (Å²) in [6, 6.07) is 0. The molecule has 16 heavy (non-hydrogen) atoms. The summed E-state index contributed by atoms with van der Waals surface area (Å²) >= 11 is 0. The van der Waals surface area contributed by atoms with Crippen LogP contribution < -0.4 is 11.1 Å². The molecule has 0 radical (unpaired) electrons. The smallest absolute Gasteiger partial charge is 0.0581 e. The molecule has 0 amide bonds. The minimum atomic E-state index is 0.119. The molecule has 92 valence electrons. The Balaban J connectivity index is 2.52. The van der Waals surface area contributed by atoms with Crippen LogP contribution in [0.3, 0.4) is 0 Å². The van der Waals surface area contributed by atoms with Crippen LogP contribution in [0.25, 0.3) is 0 Å². The molecule has 0 bridgehead atoms. The van der Waals surface area contributed by atoms with Crippen LogP contribution in [0.15, 0.2) is 0 Å². The molecule has 1 heterocycles. The summed E-state index contributed by atoms with van der Waals surface area (Å²) in [6.07, 6.45) is 3.55. The van der Waals surface area contributed by atoms with Crippen LogP contribution in [0.1, 0.15) is 33.1 Å². The van der Waals surface area contributed by atoms with Crippen LogP contribution in [-0.2, 0) is 0 Å². The van der Waals surface area contributed by atoms with E-state index in [4.69, 9.17) is 5.73 Å². The predicted octanol–water partition coefficient (Wildman–Crippen LogP) is 0.803. The number of nitrogens with zero attached hydrogens (tertiary/aromatic N) is 1. The highest BCUT2D eigenvalue weighted by atomic mass is 15.1. The van der Waals surface area contributed by atoms with Crippen molar-refractivity contribution in [2.24, 2.45) is 5.73 Å². The molecule has 3 nitrogen and oxygen atoms in total. The van der Waals surface area contributed by atoms with E-state index in [0.29, 0.717) is 0 Å². The number of hydrogen-bond acceptors (Lipinski definition) is 3. The van der Waals surface area contributed by atoms with Crippen molar-refractivity contribution < 1.29 is 0 Å². The third-order valence-corrected chi connectivity index (χ3v) is 3.60. The van der Waals surface area contributed by atoms with E-state index in [0.717, 1.165) is 32.6 Å². The molecular formula is C13H25N3. The first-order valence-electron chi connectivity index (χ1n) is 6.33. The quantitative estimate of drug-likeness (QED) is 0.693. The molecule has 0 saturated carbocycles. The summed E-state index contributed by atoms with van der Waals surface area (Å²) < 4.78 is 0. The van der Waals surface area contributed by atoms with E-state index in [1.54, 1.807) is 0 Å². The second kappa shape index (κ2) is 6.90. The molecule has 3 heteroatoms. The van der Waals surface area contributed by atoms with Crippen molar-refractivity contribution in [3.8, 4) is 11.8 Å². The zero-order valence-corrected chi connectivity index (χ0v) is 10.7. The van der Waals surface area contributed by atoms with Crippen molar-refractivity contribution in [1.82, 2.24) is 10.2 Å². The van der Waals surface area contributed by atoms with Crippen LogP contribution in [0.5, 0.6) is 0 Å². The van der Waals surface area contributed by atoms with Crippen molar-refractivity contribution >= 4 is 0 Å². The molecule has 1 unspecified atom stereocenters. The Morgan fingerprint density at radius 3 is 2.81 bits per heavy atom. The summed E-state index contributed by atoms with van der Waals surface area (Å²) in [6.45, 7) is 9.10. The lowest BCUT2D eigenvalue weighted by Gasteiger charge is -2.32. The maximum atomic E-state index is 5.95. The summed E-state index contributed by atoms with van der Waals surface area (Å²) in [7, 11) is 0. The molecule has 1 aliphatic heterocycles. The van der Waals surface area contributed by atoms with Gasteiger partial charge in [0.2, 0.25) is 0 Å². The van der Waals surface area contributed by atoms with Gasteiger partial charge in [0.15, 0.2) is 0 Å². The molecule has 0 spiro atoms. The number of nitrogens with one attached hydrogen (secondary N) is 1. The lowest BCUT2D eigenvalue weighted by atomic mass is 9.90. The highest BCUT2D eigenvalue weighted by molar-refractivity contribution is 5.01. The van der Waals surface area contributed by atoms with Crippen molar-refractivity contribution in [3.63, 3.8) is 0 Å². The van der Waals surface area contributed by atoms with Crippen LogP contribution in [0.4, 0.5) is 0 Å². The van der Waals surface area contributed by atoms with Crippen molar-refractivity contribution in [2.45, 2.75) is 38.6 Å². The summed E-state index contributed by atoms with van der Waals surface area (Å²) in [5, 5.41) is 3.55. The zero-order valence-electron chi connectivity index (χ0n) is 10.7. The Kier molecular flexibility index (Phi) is 5.83. The predicted molar refractivity (Wildman–Crippen MR) is 69.2 cm³/mol. The summed E-state index contributed by atoms with van der Waals surface area (Å²) in [4.78, 5) is 2.50. The average molecular weight is 223 g/mol. The van der Waals surface area contributed by atoms with Gasteiger partial charge in [0.05, 0.1) is 6.54 Å². The maximum absolute atomic E-state index is 5.95. The van der Waals surface area contributed by atoms with E-state index in [-0.39, 0.29) is 5.54 Å². The fraction of sp³-hybridized carbons (Fsp3) is 0.846. The number of hydrogen-bond donors (Lipinski definition) is 2. The van der Waals surface area contributed by atoms with Gasteiger partial charge in [-0.1, -0.05) is 12.8 Å². The first-order chi connectivity index (χ1) is 7.76. The fourth-order valence-corrected chi connectivity index (χ4v) is 2.34. The van der Waals surface area contributed by atoms with E-state index in [1.165, 1.54) is 19.4 Å². The lowest BCUT2D eigenvalue weighted by Crippen LogP contribution is -2.51. The molecule has 0 aliphatic carbocycles. The summed E-state index contributed by atoms with van der Waals surface area (Å²) in [5.74, 6) is 5.99. The van der Waals surface area contributed by atoms with Gasteiger partial charge in [-0.2, -0.15) is 0 Å². The van der Waals surface area contributed by atoms with Gasteiger partial charge in [-0.25, -0.2) is 0 Å². The third kappa shape index (κ3) is 3.79. The molecule has 1 saturated heterocycles. The topological polar surface area (TPSA) is 41.3 Å². The van der Waals surface area contributed by atoms with E-state index < -0.39 is 0 Å². The highest BCUT2D eigenvalue weighted by Gasteiger charge is 2.29. The molecule has 1 rings (SSSR count). The normalized spacial score (nSPS) is 26.9. The van der Waals surface area contributed by atoms with Crippen molar-refractivity contribution in [1.29, 1.82) is 0 Å². The Labute approximate surface area is 99.8 Å². The molecule has 3 N–H and O–H groups in total. The number of likely N-dealkylation sites (tertiary alicyclic amines) is 1. The minimum absolute atomic E-state index is 0.119. The lowest BCUT2D eigenvalue weighted by molar-refractivity contribution is 0.272. The Hall–Kier alpha value is -0.560. The second-order valence-corrected chi connectivity index (χ2v) is 4.55. The van der Waals surface area contributed by atoms with E-state index >= 15 is 0 Å². The van der Waals surface area contributed by atoms with Gasteiger partial charge in [0.1, 0.15) is 0 Å². The van der Waals surface area contributed by atoms with Gasteiger partial charge in [-0.15, -0.1) is 5.92 Å². The minimum Gasteiger partial charge on any atom is -0.329 e. The Morgan fingerprint density at radius 1 is 1.38 bits per heavy atom.